The number of nitrogens with one attached hydrogen (secondary N) is 1. The minimum absolute atomic E-state index is 0.0213. The number of nitriles is 1. The van der Waals surface area contributed by atoms with Gasteiger partial charge in [-0.25, -0.2) is 9.37 Å². The summed E-state index contributed by atoms with van der Waals surface area (Å²) in [6.07, 6.45) is 3.47. The highest BCUT2D eigenvalue weighted by atomic mass is 28.4. The van der Waals surface area contributed by atoms with Crippen molar-refractivity contribution in [3.05, 3.63) is 82.8 Å². The first-order valence-electron chi connectivity index (χ1n) is 16.7. The molecule has 3 aromatic rings. The zero-order valence-electron chi connectivity index (χ0n) is 28.9. The van der Waals surface area contributed by atoms with Gasteiger partial charge in [0.05, 0.1) is 23.9 Å². The largest absolute Gasteiger partial charge is 0.415 e. The molecule has 0 aliphatic carbocycles. The molecule has 0 bridgehead atoms. The Bertz CT molecular complexity index is 1630. The third-order valence-electron chi connectivity index (χ3n) is 10.2. The second-order valence-corrected chi connectivity index (χ2v) is 19.3. The monoisotopic (exact) mass is 656 g/mol. The number of aryl methyl sites for hydroxylation is 2. The van der Waals surface area contributed by atoms with E-state index in [9.17, 15) is 14.4 Å². The highest BCUT2D eigenvalue weighted by Crippen LogP contribution is 2.37. The second-order valence-electron chi connectivity index (χ2n) is 14.5. The van der Waals surface area contributed by atoms with Crippen LogP contribution in [0.2, 0.25) is 18.1 Å². The van der Waals surface area contributed by atoms with E-state index in [-0.39, 0.29) is 28.8 Å². The fraction of sp³-hybridized carbons (Fsp3) is 0.486. The number of nitrogens with zero attached hydrogens (tertiary/aromatic N) is 5. The number of benzene rings is 2. The van der Waals surface area contributed by atoms with Crippen molar-refractivity contribution in [2.24, 2.45) is 0 Å². The molecule has 0 unspecified atom stereocenters. The lowest BCUT2D eigenvalue weighted by atomic mass is 9.99. The van der Waals surface area contributed by atoms with Crippen LogP contribution in [0.3, 0.4) is 0 Å². The second kappa shape index (κ2) is 14.0. The van der Waals surface area contributed by atoms with Crippen molar-refractivity contribution < 1.29 is 13.6 Å². The van der Waals surface area contributed by atoms with Gasteiger partial charge in [-0.05, 0) is 86.3 Å². The van der Waals surface area contributed by atoms with E-state index >= 15 is 0 Å². The summed E-state index contributed by atoms with van der Waals surface area (Å²) in [5.74, 6) is -0.0784. The van der Waals surface area contributed by atoms with E-state index < -0.39 is 8.32 Å². The van der Waals surface area contributed by atoms with Gasteiger partial charge in [-0.15, -0.1) is 0 Å². The summed E-state index contributed by atoms with van der Waals surface area (Å²) in [5, 5.41) is 13.3. The Morgan fingerprint density at radius 3 is 2.47 bits per heavy atom. The topological polar surface area (TPSA) is 84.7 Å². The molecule has 8 nitrogen and oxygen atoms in total. The fourth-order valence-corrected chi connectivity index (χ4v) is 7.35. The Morgan fingerprint density at radius 1 is 1.06 bits per heavy atom. The highest BCUT2D eigenvalue weighted by Gasteiger charge is 2.40. The van der Waals surface area contributed by atoms with Crippen LogP contribution in [0.4, 0.5) is 21.6 Å². The summed E-state index contributed by atoms with van der Waals surface area (Å²) in [6, 6.07) is 17.3. The van der Waals surface area contributed by atoms with Crippen LogP contribution in [-0.2, 0) is 4.43 Å². The molecule has 2 aliphatic heterocycles. The molecule has 3 heterocycles. The summed E-state index contributed by atoms with van der Waals surface area (Å²) in [4.78, 5) is 24.7. The smallest absolute Gasteiger partial charge is 0.254 e. The van der Waals surface area contributed by atoms with Gasteiger partial charge < -0.3 is 24.4 Å². The van der Waals surface area contributed by atoms with Crippen molar-refractivity contribution in [1.82, 2.24) is 9.88 Å². The molecule has 0 radical (unpaired) electrons. The van der Waals surface area contributed by atoms with Crippen molar-refractivity contribution in [2.75, 3.05) is 54.4 Å². The number of carbonyl (C=O) groups excluding carboxylic acids is 1. The molecule has 1 amide bonds. The number of hydrogen-bond acceptors (Lipinski definition) is 7. The van der Waals surface area contributed by atoms with Gasteiger partial charge in [0.1, 0.15) is 6.07 Å². The van der Waals surface area contributed by atoms with E-state index in [0.717, 1.165) is 48.4 Å². The number of piperidine rings is 1. The number of halogens is 1. The standard InChI is InChI=1S/C37H49FN6O2Si/c1-26-21-27(2)33(41-29-14-17-42(18-15-29)34-13-9-8-11-28(34)23-39)22-31(26)36(45)43-19-20-44(35-32(38)12-10-16-40-35)30(24-43)25-46-47(6,7)37(3,4)5/h8-13,16,21-22,29-30,41H,14-15,17-20,24-25H2,1-7H3/t30-/m0/s1. The zero-order valence-corrected chi connectivity index (χ0v) is 29.9. The number of para-hydroxylation sites is 1. The van der Waals surface area contributed by atoms with E-state index in [0.29, 0.717) is 43.2 Å². The number of hydrogen-bond donors (Lipinski definition) is 1. The molecular weight excluding hydrogens is 608 g/mol. The van der Waals surface area contributed by atoms with Crippen LogP contribution in [0.5, 0.6) is 0 Å². The maximum atomic E-state index is 15.0. The molecule has 2 aromatic carbocycles. The van der Waals surface area contributed by atoms with Gasteiger partial charge in [0, 0.05) is 56.2 Å². The molecule has 2 aliphatic rings. The third kappa shape index (κ3) is 7.63. The van der Waals surface area contributed by atoms with Crippen molar-refractivity contribution in [3.8, 4) is 6.07 Å². The van der Waals surface area contributed by atoms with Crippen LogP contribution in [-0.4, -0.2) is 75.5 Å². The lowest BCUT2D eigenvalue weighted by molar-refractivity contribution is 0.0700. The van der Waals surface area contributed by atoms with Crippen LogP contribution in [0.25, 0.3) is 0 Å². The first-order chi connectivity index (χ1) is 22.3. The molecule has 250 valence electrons. The van der Waals surface area contributed by atoms with Gasteiger partial charge >= 0.3 is 0 Å². The number of rotatable bonds is 8. The van der Waals surface area contributed by atoms with Crippen LogP contribution in [0, 0.1) is 31.0 Å². The Labute approximate surface area is 280 Å². The molecule has 0 saturated carbocycles. The first kappa shape index (κ1) is 34.4. The maximum Gasteiger partial charge on any atom is 0.254 e. The maximum absolute atomic E-state index is 15.0. The predicted octanol–water partition coefficient (Wildman–Crippen LogP) is 7.14. The van der Waals surface area contributed by atoms with E-state index in [1.165, 1.54) is 6.07 Å². The predicted molar refractivity (Wildman–Crippen MR) is 190 cm³/mol. The van der Waals surface area contributed by atoms with Crippen molar-refractivity contribution in [2.45, 2.75) is 77.7 Å². The number of piperazine rings is 1. The summed E-state index contributed by atoms with van der Waals surface area (Å²) in [6.45, 7) is 18.6. The summed E-state index contributed by atoms with van der Waals surface area (Å²) >= 11 is 0. The van der Waals surface area contributed by atoms with Gasteiger partial charge in [-0.2, -0.15) is 5.26 Å². The first-order valence-corrected chi connectivity index (χ1v) is 19.6. The van der Waals surface area contributed by atoms with E-state index in [1.54, 1.807) is 12.3 Å². The van der Waals surface area contributed by atoms with Gasteiger partial charge in [0.25, 0.3) is 5.91 Å². The molecule has 47 heavy (non-hydrogen) atoms. The molecule has 0 spiro atoms. The number of aromatic nitrogens is 1. The van der Waals surface area contributed by atoms with E-state index in [1.807, 2.05) is 47.1 Å². The van der Waals surface area contributed by atoms with Crippen molar-refractivity contribution in [1.29, 1.82) is 5.26 Å². The Kier molecular flexibility index (Phi) is 10.3. The SMILES string of the molecule is Cc1cc(C)c(C(=O)N2CCN(c3ncccc3F)[C@H](CO[Si](C)(C)C(C)(C)C)C2)cc1NC1CCN(c2ccccc2C#N)CC1. The van der Waals surface area contributed by atoms with Crippen molar-refractivity contribution >= 4 is 31.4 Å². The lowest BCUT2D eigenvalue weighted by Gasteiger charge is -2.44. The Balaban J connectivity index is 1.31. The summed E-state index contributed by atoms with van der Waals surface area (Å²) in [5.41, 5.74) is 5.39. The number of pyridine rings is 1. The van der Waals surface area contributed by atoms with Crippen LogP contribution in [0.15, 0.2) is 54.7 Å². The molecule has 1 N–H and O–H groups in total. The lowest BCUT2D eigenvalue weighted by Crippen LogP contribution is -2.58. The average Bonchev–Trinajstić information content (AvgIpc) is 3.05. The molecule has 1 atom stereocenters. The number of carbonyl (C=O) groups is 1. The number of amides is 1. The third-order valence-corrected chi connectivity index (χ3v) is 14.7. The Hall–Kier alpha value is -3.94. The van der Waals surface area contributed by atoms with Crippen molar-refractivity contribution in [3.63, 3.8) is 0 Å². The van der Waals surface area contributed by atoms with Gasteiger partial charge in [-0.1, -0.05) is 39.0 Å². The van der Waals surface area contributed by atoms with E-state index in [4.69, 9.17) is 4.43 Å². The Morgan fingerprint density at radius 2 is 1.79 bits per heavy atom. The van der Waals surface area contributed by atoms with E-state index in [2.05, 4.69) is 68.1 Å². The summed E-state index contributed by atoms with van der Waals surface area (Å²) < 4.78 is 21.6. The number of anilines is 3. The van der Waals surface area contributed by atoms with Crippen LogP contribution >= 0.6 is 0 Å². The normalized spacial score (nSPS) is 17.9. The van der Waals surface area contributed by atoms with Gasteiger partial charge in [0.15, 0.2) is 20.0 Å². The highest BCUT2D eigenvalue weighted by molar-refractivity contribution is 6.74. The molecule has 10 heteroatoms. The molecule has 5 rings (SSSR count). The average molecular weight is 657 g/mol. The minimum Gasteiger partial charge on any atom is -0.415 e. The molecular formula is C37H49FN6O2Si. The van der Waals surface area contributed by atoms with Crippen LogP contribution in [0.1, 0.15) is 60.7 Å². The van der Waals surface area contributed by atoms with Gasteiger partial charge in [-0.3, -0.25) is 4.79 Å². The van der Waals surface area contributed by atoms with Gasteiger partial charge in [0.2, 0.25) is 0 Å². The van der Waals surface area contributed by atoms with Crippen LogP contribution < -0.4 is 15.1 Å². The zero-order chi connectivity index (χ0) is 33.9. The minimum atomic E-state index is -2.09. The quantitative estimate of drug-likeness (QED) is 0.258. The summed E-state index contributed by atoms with van der Waals surface area (Å²) in [7, 11) is -2.09. The molecule has 2 fully saturated rings. The molecule has 1 aromatic heterocycles. The molecule has 2 saturated heterocycles. The fourth-order valence-electron chi connectivity index (χ4n) is 6.31.